The summed E-state index contributed by atoms with van der Waals surface area (Å²) in [5.41, 5.74) is 8.06. The molecule has 0 unspecified atom stereocenters. The number of rotatable bonds is 0. The Morgan fingerprint density at radius 1 is 0.519 bits per heavy atom. The first kappa shape index (κ1) is 15.0. The molecule has 5 aromatic rings. The molecule has 1 aromatic heterocycles. The fourth-order valence-corrected chi connectivity index (χ4v) is 5.07. The van der Waals surface area contributed by atoms with Gasteiger partial charge in [-0.1, -0.05) is 60.7 Å². The third-order valence-corrected chi connectivity index (χ3v) is 5.97. The number of fused-ring (bicyclic) bond motifs is 2. The maximum absolute atomic E-state index is 2.51. The molecular weight excluding hydrogens is 326 g/mol. The molecule has 0 spiro atoms. The van der Waals surface area contributed by atoms with Gasteiger partial charge in [-0.05, 0) is 65.9 Å². The smallest absolute Gasteiger partial charge is 0.0502 e. The van der Waals surface area contributed by atoms with Gasteiger partial charge in [-0.25, -0.2) is 0 Å². The van der Waals surface area contributed by atoms with Crippen molar-refractivity contribution in [3.05, 3.63) is 72.8 Å². The van der Waals surface area contributed by atoms with E-state index in [4.69, 9.17) is 0 Å². The van der Waals surface area contributed by atoms with Gasteiger partial charge < -0.3 is 4.57 Å². The molecule has 0 atom stereocenters. The van der Waals surface area contributed by atoms with Crippen LogP contribution in [-0.2, 0) is 5.54 Å². The van der Waals surface area contributed by atoms with Gasteiger partial charge in [0.1, 0.15) is 0 Å². The zero-order valence-corrected chi connectivity index (χ0v) is 15.9. The van der Waals surface area contributed by atoms with Crippen molar-refractivity contribution < 1.29 is 0 Å². The normalized spacial score (nSPS) is 13.0. The number of aromatic nitrogens is 1. The Balaban J connectivity index is 2.00. The number of benzene rings is 4. The highest BCUT2D eigenvalue weighted by Crippen LogP contribution is 2.49. The SMILES string of the molecule is CC(C)(C)n1c2cccc3c2c2c(cccc21)-c1cccc2cccc-3c12. The molecule has 1 aliphatic carbocycles. The molecule has 130 valence electrons. The summed E-state index contributed by atoms with van der Waals surface area (Å²) in [7, 11) is 0. The van der Waals surface area contributed by atoms with Crippen LogP contribution in [0.15, 0.2) is 72.8 Å². The van der Waals surface area contributed by atoms with Crippen molar-refractivity contribution in [3.63, 3.8) is 0 Å². The van der Waals surface area contributed by atoms with Crippen LogP contribution in [0.5, 0.6) is 0 Å². The minimum Gasteiger partial charge on any atom is -0.335 e. The predicted molar refractivity (Wildman–Crippen MR) is 116 cm³/mol. The maximum Gasteiger partial charge on any atom is 0.0502 e. The first-order valence-corrected chi connectivity index (χ1v) is 9.65. The average molecular weight is 347 g/mol. The Labute approximate surface area is 158 Å². The fraction of sp³-hybridized carbons (Fsp3) is 0.154. The summed E-state index contributed by atoms with van der Waals surface area (Å²) in [4.78, 5) is 0. The fourth-order valence-electron chi connectivity index (χ4n) is 5.07. The van der Waals surface area contributed by atoms with E-state index < -0.39 is 0 Å². The molecule has 6 rings (SSSR count). The molecule has 0 bridgehead atoms. The second-order valence-electron chi connectivity index (χ2n) is 8.61. The third-order valence-electron chi connectivity index (χ3n) is 5.97. The van der Waals surface area contributed by atoms with Crippen molar-refractivity contribution in [2.75, 3.05) is 0 Å². The average Bonchev–Trinajstić information content (AvgIpc) is 2.95. The predicted octanol–water partition coefficient (Wildman–Crippen LogP) is 7.35. The van der Waals surface area contributed by atoms with E-state index in [1.807, 2.05) is 0 Å². The number of hydrogen-bond donors (Lipinski definition) is 0. The van der Waals surface area contributed by atoms with E-state index in [9.17, 15) is 0 Å². The van der Waals surface area contributed by atoms with E-state index in [1.54, 1.807) is 0 Å². The van der Waals surface area contributed by atoms with E-state index in [2.05, 4.69) is 98.1 Å². The van der Waals surface area contributed by atoms with Crippen LogP contribution in [0, 0.1) is 0 Å². The molecule has 1 heteroatoms. The minimum atomic E-state index is 0.0158. The van der Waals surface area contributed by atoms with Crippen molar-refractivity contribution in [2.45, 2.75) is 26.3 Å². The van der Waals surface area contributed by atoms with Crippen molar-refractivity contribution in [1.82, 2.24) is 4.57 Å². The zero-order chi connectivity index (χ0) is 18.3. The Morgan fingerprint density at radius 2 is 0.926 bits per heavy atom. The Hall–Kier alpha value is -3.06. The molecular formula is C26H21N. The lowest BCUT2D eigenvalue weighted by molar-refractivity contribution is 0.423. The molecule has 0 fully saturated rings. The maximum atomic E-state index is 2.51. The quantitative estimate of drug-likeness (QED) is 0.271. The van der Waals surface area contributed by atoms with Gasteiger partial charge in [0.15, 0.2) is 0 Å². The van der Waals surface area contributed by atoms with Gasteiger partial charge in [-0.3, -0.25) is 0 Å². The summed E-state index contributed by atoms with van der Waals surface area (Å²) >= 11 is 0. The van der Waals surface area contributed by atoms with Crippen molar-refractivity contribution in [3.8, 4) is 22.3 Å². The van der Waals surface area contributed by atoms with E-state index in [-0.39, 0.29) is 5.54 Å². The first-order chi connectivity index (χ1) is 13.1. The second kappa shape index (κ2) is 4.80. The van der Waals surface area contributed by atoms with Crippen LogP contribution in [0.2, 0.25) is 0 Å². The summed E-state index contributed by atoms with van der Waals surface area (Å²) in [6, 6.07) is 27.0. The van der Waals surface area contributed by atoms with E-state index in [0.29, 0.717) is 0 Å². The molecule has 1 nitrogen and oxygen atoms in total. The van der Waals surface area contributed by atoms with Crippen molar-refractivity contribution in [2.24, 2.45) is 0 Å². The highest BCUT2D eigenvalue weighted by Gasteiger charge is 2.26. The molecule has 0 amide bonds. The molecule has 27 heavy (non-hydrogen) atoms. The van der Waals surface area contributed by atoms with Gasteiger partial charge in [-0.15, -0.1) is 0 Å². The summed E-state index contributed by atoms with van der Waals surface area (Å²) in [6.07, 6.45) is 0. The third kappa shape index (κ3) is 1.79. The molecule has 0 radical (unpaired) electrons. The van der Waals surface area contributed by atoms with Crippen LogP contribution in [0.1, 0.15) is 20.8 Å². The lowest BCUT2D eigenvalue weighted by atomic mass is 9.93. The van der Waals surface area contributed by atoms with Crippen molar-refractivity contribution in [1.29, 1.82) is 0 Å². The summed E-state index contributed by atoms with van der Waals surface area (Å²) in [5, 5.41) is 5.47. The highest BCUT2D eigenvalue weighted by atomic mass is 15.0. The largest absolute Gasteiger partial charge is 0.335 e. The van der Waals surface area contributed by atoms with Gasteiger partial charge >= 0.3 is 0 Å². The van der Waals surface area contributed by atoms with E-state index in [1.165, 1.54) is 54.8 Å². The minimum absolute atomic E-state index is 0.0158. The van der Waals surface area contributed by atoms with Crippen LogP contribution in [0.3, 0.4) is 0 Å². The lowest BCUT2D eigenvalue weighted by Crippen LogP contribution is -2.21. The highest BCUT2D eigenvalue weighted by molar-refractivity contribution is 6.26. The monoisotopic (exact) mass is 347 g/mol. The van der Waals surface area contributed by atoms with Gasteiger partial charge in [-0.2, -0.15) is 0 Å². The van der Waals surface area contributed by atoms with Crippen molar-refractivity contribution >= 4 is 32.6 Å². The molecule has 4 aromatic carbocycles. The summed E-state index contributed by atoms with van der Waals surface area (Å²) in [5.74, 6) is 0. The van der Waals surface area contributed by atoms with Gasteiger partial charge in [0.25, 0.3) is 0 Å². The van der Waals surface area contributed by atoms with Crippen LogP contribution >= 0.6 is 0 Å². The standard InChI is InChI=1S/C26H21N/c1-26(2,3)27-21-14-6-12-19-17-10-4-8-16-9-5-11-18(23(16)17)20-13-7-15-22(27)25(20)24(19)21/h4-15H,1-3H3. The van der Waals surface area contributed by atoms with Crippen LogP contribution in [-0.4, -0.2) is 4.57 Å². The molecule has 0 aliphatic heterocycles. The number of nitrogens with zero attached hydrogens (tertiary/aromatic N) is 1. The van der Waals surface area contributed by atoms with Crippen LogP contribution in [0.4, 0.5) is 0 Å². The Morgan fingerprint density at radius 3 is 1.37 bits per heavy atom. The molecule has 0 saturated carbocycles. The molecule has 0 N–H and O–H groups in total. The van der Waals surface area contributed by atoms with Crippen LogP contribution in [0.25, 0.3) is 54.8 Å². The van der Waals surface area contributed by atoms with Gasteiger partial charge in [0.05, 0.1) is 11.0 Å². The van der Waals surface area contributed by atoms with E-state index >= 15 is 0 Å². The Bertz CT molecular complexity index is 1300. The summed E-state index contributed by atoms with van der Waals surface area (Å²) < 4.78 is 2.51. The zero-order valence-electron chi connectivity index (χ0n) is 15.9. The molecule has 0 saturated heterocycles. The molecule has 1 heterocycles. The number of hydrogen-bond acceptors (Lipinski definition) is 0. The van der Waals surface area contributed by atoms with Crippen LogP contribution < -0.4 is 0 Å². The molecule has 1 aliphatic rings. The van der Waals surface area contributed by atoms with Gasteiger partial charge in [0, 0.05) is 16.3 Å². The second-order valence-corrected chi connectivity index (χ2v) is 8.61. The van der Waals surface area contributed by atoms with Gasteiger partial charge in [0.2, 0.25) is 0 Å². The first-order valence-electron chi connectivity index (χ1n) is 9.65. The Kier molecular flexibility index (Phi) is 2.68. The van der Waals surface area contributed by atoms with E-state index in [0.717, 1.165) is 0 Å². The lowest BCUT2D eigenvalue weighted by Gasteiger charge is -2.24. The topological polar surface area (TPSA) is 4.93 Å². The summed E-state index contributed by atoms with van der Waals surface area (Å²) in [6.45, 7) is 6.89.